The first-order valence-electron chi connectivity index (χ1n) is 6.26. The topological polar surface area (TPSA) is 69.6 Å². The highest BCUT2D eigenvalue weighted by molar-refractivity contribution is 7.09. The van der Waals surface area contributed by atoms with Gasteiger partial charge in [-0.25, -0.2) is 4.79 Å². The standard InChI is InChI=1S/C13H20N2O3S/c1-3-10(7-12(16)17)8-14-13(18)15(2)9-11-5-4-6-19-11/h4-6,10H,3,7-9H2,1-2H3,(H,14,18)(H,16,17). The first kappa shape index (κ1) is 15.5. The zero-order chi connectivity index (χ0) is 14.3. The van der Waals surface area contributed by atoms with Gasteiger partial charge in [0.05, 0.1) is 6.54 Å². The van der Waals surface area contributed by atoms with Gasteiger partial charge in [-0.15, -0.1) is 11.3 Å². The Labute approximate surface area is 117 Å². The van der Waals surface area contributed by atoms with Crippen LogP contribution in [0.3, 0.4) is 0 Å². The maximum Gasteiger partial charge on any atom is 0.317 e. The fourth-order valence-corrected chi connectivity index (χ4v) is 2.44. The van der Waals surface area contributed by atoms with Crippen molar-refractivity contribution in [2.24, 2.45) is 5.92 Å². The lowest BCUT2D eigenvalue weighted by molar-refractivity contribution is -0.138. The average molecular weight is 284 g/mol. The number of carboxylic acid groups (broad SMARTS) is 1. The Kier molecular flexibility index (Phi) is 6.35. The average Bonchev–Trinajstić information content (AvgIpc) is 2.86. The van der Waals surface area contributed by atoms with Crippen LogP contribution in [0.5, 0.6) is 0 Å². The third-order valence-corrected chi connectivity index (χ3v) is 3.76. The van der Waals surface area contributed by atoms with Gasteiger partial charge in [-0.1, -0.05) is 19.4 Å². The number of nitrogens with zero attached hydrogens (tertiary/aromatic N) is 1. The molecule has 0 aliphatic heterocycles. The smallest absolute Gasteiger partial charge is 0.317 e. The third-order valence-electron chi connectivity index (χ3n) is 2.90. The number of urea groups is 1. The van der Waals surface area contributed by atoms with Crippen LogP contribution >= 0.6 is 11.3 Å². The molecule has 1 atom stereocenters. The molecule has 0 aliphatic rings. The molecule has 1 aromatic rings. The Balaban J connectivity index is 2.35. The van der Waals surface area contributed by atoms with Gasteiger partial charge in [-0.3, -0.25) is 4.79 Å². The number of nitrogens with one attached hydrogen (secondary N) is 1. The SMILES string of the molecule is CCC(CNC(=O)N(C)Cc1cccs1)CC(=O)O. The van der Waals surface area contributed by atoms with Crippen LogP contribution in [0.1, 0.15) is 24.6 Å². The van der Waals surface area contributed by atoms with Gasteiger partial charge in [0.1, 0.15) is 0 Å². The van der Waals surface area contributed by atoms with Crippen molar-refractivity contribution in [1.29, 1.82) is 0 Å². The molecule has 2 N–H and O–H groups in total. The van der Waals surface area contributed by atoms with Gasteiger partial charge in [0.15, 0.2) is 0 Å². The van der Waals surface area contributed by atoms with E-state index in [0.717, 1.165) is 11.3 Å². The van der Waals surface area contributed by atoms with Crippen LogP contribution in [0.15, 0.2) is 17.5 Å². The summed E-state index contributed by atoms with van der Waals surface area (Å²) in [5.41, 5.74) is 0. The summed E-state index contributed by atoms with van der Waals surface area (Å²) in [6.45, 7) is 2.89. The summed E-state index contributed by atoms with van der Waals surface area (Å²) in [4.78, 5) is 25.2. The second kappa shape index (κ2) is 7.78. The van der Waals surface area contributed by atoms with Crippen LogP contribution in [0, 0.1) is 5.92 Å². The summed E-state index contributed by atoms with van der Waals surface area (Å²) in [5, 5.41) is 13.5. The van der Waals surface area contributed by atoms with Crippen molar-refractivity contribution in [3.8, 4) is 0 Å². The fourth-order valence-electron chi connectivity index (χ4n) is 1.68. The molecule has 0 aromatic carbocycles. The number of rotatable bonds is 7. The summed E-state index contributed by atoms with van der Waals surface area (Å²) in [5.74, 6) is -0.843. The third kappa shape index (κ3) is 5.74. The first-order valence-corrected chi connectivity index (χ1v) is 7.14. The van der Waals surface area contributed by atoms with Gasteiger partial charge in [0.2, 0.25) is 0 Å². The number of carboxylic acids is 1. The van der Waals surface area contributed by atoms with Gasteiger partial charge in [-0.05, 0) is 17.4 Å². The van der Waals surface area contributed by atoms with E-state index < -0.39 is 5.97 Å². The molecule has 0 saturated carbocycles. The first-order chi connectivity index (χ1) is 9.02. The van der Waals surface area contributed by atoms with Crippen molar-refractivity contribution in [3.05, 3.63) is 22.4 Å². The van der Waals surface area contributed by atoms with Crippen molar-refractivity contribution in [2.45, 2.75) is 26.3 Å². The maximum atomic E-state index is 11.8. The summed E-state index contributed by atoms with van der Waals surface area (Å²) in [6, 6.07) is 3.76. The molecule has 0 fully saturated rings. The molecule has 0 spiro atoms. The van der Waals surface area contributed by atoms with Crippen molar-refractivity contribution >= 4 is 23.3 Å². The minimum absolute atomic E-state index is 0.0170. The lowest BCUT2D eigenvalue weighted by atomic mass is 10.0. The van der Waals surface area contributed by atoms with E-state index in [-0.39, 0.29) is 18.4 Å². The number of carbonyl (C=O) groups excluding carboxylic acids is 1. The number of carbonyl (C=O) groups is 2. The van der Waals surface area contributed by atoms with Crippen LogP contribution in [-0.4, -0.2) is 35.6 Å². The second-order valence-corrected chi connectivity index (χ2v) is 5.53. The maximum absolute atomic E-state index is 11.8. The number of hydrogen-bond acceptors (Lipinski definition) is 3. The zero-order valence-electron chi connectivity index (χ0n) is 11.3. The normalized spacial score (nSPS) is 11.9. The minimum Gasteiger partial charge on any atom is -0.481 e. The Morgan fingerprint density at radius 1 is 1.53 bits per heavy atom. The van der Waals surface area contributed by atoms with Crippen LogP contribution in [0.4, 0.5) is 4.79 Å². The zero-order valence-corrected chi connectivity index (χ0v) is 12.1. The summed E-state index contributed by atoms with van der Waals surface area (Å²) < 4.78 is 0. The molecule has 1 heterocycles. The van der Waals surface area contributed by atoms with Gasteiger partial charge < -0.3 is 15.3 Å². The molecule has 1 unspecified atom stereocenters. The lowest BCUT2D eigenvalue weighted by Crippen LogP contribution is -2.39. The van der Waals surface area contributed by atoms with Crippen LogP contribution in [-0.2, 0) is 11.3 Å². The van der Waals surface area contributed by atoms with E-state index in [9.17, 15) is 9.59 Å². The van der Waals surface area contributed by atoms with Crippen molar-refractivity contribution < 1.29 is 14.7 Å². The van der Waals surface area contributed by atoms with Crippen LogP contribution in [0.25, 0.3) is 0 Å². The molecule has 1 aromatic heterocycles. The Bertz CT molecular complexity index is 406. The second-order valence-electron chi connectivity index (χ2n) is 4.49. The van der Waals surface area contributed by atoms with E-state index in [1.807, 2.05) is 24.4 Å². The van der Waals surface area contributed by atoms with Gasteiger partial charge >= 0.3 is 12.0 Å². The Morgan fingerprint density at radius 3 is 2.79 bits per heavy atom. The predicted molar refractivity (Wildman–Crippen MR) is 75.2 cm³/mol. The van der Waals surface area contributed by atoms with Crippen molar-refractivity contribution in [1.82, 2.24) is 10.2 Å². The number of hydrogen-bond donors (Lipinski definition) is 2. The van der Waals surface area contributed by atoms with Gasteiger partial charge in [0, 0.05) is 24.9 Å². The minimum atomic E-state index is -0.826. The molecule has 0 saturated heterocycles. The largest absolute Gasteiger partial charge is 0.481 e. The molecule has 1 rings (SSSR count). The molecular formula is C13H20N2O3S. The summed E-state index contributed by atoms with van der Waals surface area (Å²) in [6.07, 6.45) is 0.826. The Morgan fingerprint density at radius 2 is 2.26 bits per heavy atom. The van der Waals surface area contributed by atoms with E-state index in [1.54, 1.807) is 23.3 Å². The molecule has 6 heteroatoms. The molecule has 2 amide bonds. The highest BCUT2D eigenvalue weighted by atomic mass is 32.1. The molecule has 5 nitrogen and oxygen atoms in total. The molecular weight excluding hydrogens is 264 g/mol. The quantitative estimate of drug-likeness (QED) is 0.807. The number of aliphatic carboxylic acids is 1. The van der Waals surface area contributed by atoms with Gasteiger partial charge in [0.25, 0.3) is 0 Å². The predicted octanol–water partition coefficient (Wildman–Crippen LogP) is 2.39. The van der Waals surface area contributed by atoms with Crippen LogP contribution in [0.2, 0.25) is 0 Å². The van der Waals surface area contributed by atoms with Crippen molar-refractivity contribution in [3.63, 3.8) is 0 Å². The highest BCUT2D eigenvalue weighted by Crippen LogP contribution is 2.11. The molecule has 0 aliphatic carbocycles. The molecule has 0 bridgehead atoms. The summed E-state index contributed by atoms with van der Waals surface area (Å²) >= 11 is 1.61. The van der Waals surface area contributed by atoms with E-state index in [1.165, 1.54) is 0 Å². The van der Waals surface area contributed by atoms with Gasteiger partial charge in [-0.2, -0.15) is 0 Å². The van der Waals surface area contributed by atoms with Crippen molar-refractivity contribution in [2.75, 3.05) is 13.6 Å². The number of thiophene rings is 1. The Hall–Kier alpha value is -1.56. The monoisotopic (exact) mass is 284 g/mol. The fraction of sp³-hybridized carbons (Fsp3) is 0.538. The lowest BCUT2D eigenvalue weighted by Gasteiger charge is -2.19. The van der Waals surface area contributed by atoms with Crippen LogP contribution < -0.4 is 5.32 Å². The van der Waals surface area contributed by atoms with E-state index in [0.29, 0.717) is 13.1 Å². The summed E-state index contributed by atoms with van der Waals surface area (Å²) in [7, 11) is 1.73. The molecule has 19 heavy (non-hydrogen) atoms. The van der Waals surface area contributed by atoms with E-state index in [4.69, 9.17) is 5.11 Å². The van der Waals surface area contributed by atoms with E-state index >= 15 is 0 Å². The molecule has 0 radical (unpaired) electrons. The molecule has 106 valence electrons. The highest BCUT2D eigenvalue weighted by Gasteiger charge is 2.14. The van der Waals surface area contributed by atoms with E-state index in [2.05, 4.69) is 5.32 Å². The number of amides is 2.